The zero-order chi connectivity index (χ0) is 15.8. The molecule has 0 radical (unpaired) electrons. The van der Waals surface area contributed by atoms with Crippen LogP contribution in [0.1, 0.15) is 34.0 Å². The zero-order valence-electron chi connectivity index (χ0n) is 12.7. The third-order valence-corrected chi connectivity index (χ3v) is 4.23. The highest BCUT2D eigenvalue weighted by Crippen LogP contribution is 2.40. The number of carbonyl (C=O) groups is 1. The average Bonchev–Trinajstić information content (AvgIpc) is 2.99. The highest BCUT2D eigenvalue weighted by molar-refractivity contribution is 5.95. The molecule has 2 N–H and O–H groups in total. The van der Waals surface area contributed by atoms with Gasteiger partial charge < -0.3 is 5.32 Å². The van der Waals surface area contributed by atoms with Crippen molar-refractivity contribution in [2.24, 2.45) is 0 Å². The topological polar surface area (TPSA) is 75.6 Å². The Labute approximate surface area is 133 Å². The van der Waals surface area contributed by atoms with Crippen LogP contribution in [0.3, 0.4) is 0 Å². The monoisotopic (exact) mass is 307 g/mol. The highest BCUT2D eigenvalue weighted by atomic mass is 16.1. The van der Waals surface area contributed by atoms with Crippen LogP contribution in [0, 0.1) is 6.92 Å². The third-order valence-electron chi connectivity index (χ3n) is 4.23. The first kappa shape index (κ1) is 13.8. The van der Waals surface area contributed by atoms with Crippen molar-refractivity contribution in [1.82, 2.24) is 25.3 Å². The van der Waals surface area contributed by atoms with Gasteiger partial charge in [-0.1, -0.05) is 18.2 Å². The lowest BCUT2D eigenvalue weighted by molar-refractivity contribution is 0.0950. The standard InChI is InChI=1S/C17H17N5O/c1-11-15(9-18-21-11)17(23)20-16-7-14(16)12-8-19-22(10-12)13-5-3-2-4-6-13/h2-6,8-10,14,16H,7H2,1H3,(H,18,21)(H,20,23)/t14-,16+/m0/s1. The van der Waals surface area contributed by atoms with Crippen LogP contribution in [0.5, 0.6) is 0 Å². The molecule has 0 bridgehead atoms. The van der Waals surface area contributed by atoms with E-state index in [0.717, 1.165) is 23.4 Å². The fourth-order valence-electron chi connectivity index (χ4n) is 2.80. The van der Waals surface area contributed by atoms with E-state index in [1.165, 1.54) is 0 Å². The van der Waals surface area contributed by atoms with Crippen LogP contribution in [-0.2, 0) is 0 Å². The summed E-state index contributed by atoms with van der Waals surface area (Å²) in [6, 6.07) is 10.2. The van der Waals surface area contributed by atoms with Crippen LogP contribution in [0.4, 0.5) is 0 Å². The van der Waals surface area contributed by atoms with Crippen LogP contribution in [0.25, 0.3) is 5.69 Å². The van der Waals surface area contributed by atoms with Gasteiger partial charge in [-0.25, -0.2) is 4.68 Å². The van der Waals surface area contributed by atoms with Gasteiger partial charge in [-0.05, 0) is 31.0 Å². The predicted molar refractivity (Wildman–Crippen MR) is 85.5 cm³/mol. The number of amides is 1. The number of hydrogen-bond donors (Lipinski definition) is 2. The summed E-state index contributed by atoms with van der Waals surface area (Å²) in [4.78, 5) is 12.2. The van der Waals surface area contributed by atoms with E-state index in [2.05, 4.69) is 20.6 Å². The maximum Gasteiger partial charge on any atom is 0.254 e. The Kier molecular flexibility index (Phi) is 3.22. The van der Waals surface area contributed by atoms with Gasteiger partial charge >= 0.3 is 0 Å². The van der Waals surface area contributed by atoms with E-state index in [4.69, 9.17) is 0 Å². The first-order valence-electron chi connectivity index (χ1n) is 7.63. The van der Waals surface area contributed by atoms with E-state index in [1.807, 2.05) is 54.3 Å². The number of aromatic amines is 1. The second kappa shape index (κ2) is 5.39. The number of carbonyl (C=O) groups excluding carboxylic acids is 1. The molecule has 2 aromatic heterocycles. The van der Waals surface area contributed by atoms with Crippen molar-refractivity contribution in [2.45, 2.75) is 25.3 Å². The second-order valence-electron chi connectivity index (χ2n) is 5.88. The van der Waals surface area contributed by atoms with Gasteiger partial charge in [0.05, 0.1) is 23.6 Å². The van der Waals surface area contributed by atoms with Crippen molar-refractivity contribution in [3.8, 4) is 5.69 Å². The molecule has 116 valence electrons. The largest absolute Gasteiger partial charge is 0.349 e. The molecule has 1 aliphatic rings. The Hall–Kier alpha value is -2.89. The van der Waals surface area contributed by atoms with E-state index in [-0.39, 0.29) is 11.9 Å². The summed E-state index contributed by atoms with van der Waals surface area (Å²) < 4.78 is 1.87. The molecule has 2 heterocycles. The van der Waals surface area contributed by atoms with Crippen LogP contribution in [0.2, 0.25) is 0 Å². The number of nitrogens with zero attached hydrogens (tertiary/aromatic N) is 3. The van der Waals surface area contributed by atoms with Gasteiger partial charge in [0.15, 0.2) is 0 Å². The zero-order valence-corrected chi connectivity index (χ0v) is 12.7. The summed E-state index contributed by atoms with van der Waals surface area (Å²) in [6.45, 7) is 1.84. The van der Waals surface area contributed by atoms with E-state index < -0.39 is 0 Å². The molecule has 6 nitrogen and oxygen atoms in total. The molecular weight excluding hydrogens is 290 g/mol. The number of benzene rings is 1. The predicted octanol–water partition coefficient (Wildman–Crippen LogP) is 2.19. The van der Waals surface area contributed by atoms with Crippen LogP contribution >= 0.6 is 0 Å². The second-order valence-corrected chi connectivity index (χ2v) is 5.88. The normalized spacial score (nSPS) is 19.5. The molecule has 3 aromatic rings. The van der Waals surface area contributed by atoms with E-state index in [0.29, 0.717) is 11.5 Å². The Morgan fingerprint density at radius 1 is 1.30 bits per heavy atom. The fourth-order valence-corrected chi connectivity index (χ4v) is 2.80. The Morgan fingerprint density at radius 3 is 2.87 bits per heavy atom. The first-order valence-corrected chi connectivity index (χ1v) is 7.63. The molecule has 0 spiro atoms. The molecule has 0 unspecified atom stereocenters. The quantitative estimate of drug-likeness (QED) is 0.776. The third kappa shape index (κ3) is 2.63. The Bertz CT molecular complexity index is 836. The van der Waals surface area contributed by atoms with Gasteiger partial charge in [-0.3, -0.25) is 9.89 Å². The van der Waals surface area contributed by atoms with Gasteiger partial charge in [0.2, 0.25) is 0 Å². The van der Waals surface area contributed by atoms with Crippen molar-refractivity contribution in [3.05, 3.63) is 65.7 Å². The van der Waals surface area contributed by atoms with Crippen LogP contribution < -0.4 is 5.32 Å². The summed E-state index contributed by atoms with van der Waals surface area (Å²) in [5.41, 5.74) is 3.59. The molecule has 1 aliphatic carbocycles. The van der Waals surface area contributed by atoms with E-state index in [1.54, 1.807) is 6.20 Å². The summed E-state index contributed by atoms with van der Waals surface area (Å²) >= 11 is 0. The summed E-state index contributed by atoms with van der Waals surface area (Å²) in [5.74, 6) is 0.267. The number of H-pyrrole nitrogens is 1. The van der Waals surface area contributed by atoms with E-state index >= 15 is 0 Å². The van der Waals surface area contributed by atoms with Crippen LogP contribution in [0.15, 0.2) is 48.9 Å². The number of rotatable bonds is 4. The number of para-hydroxylation sites is 1. The molecular formula is C17H17N5O. The lowest BCUT2D eigenvalue weighted by Crippen LogP contribution is -2.26. The lowest BCUT2D eigenvalue weighted by Gasteiger charge is -2.03. The molecule has 1 aromatic carbocycles. The smallest absolute Gasteiger partial charge is 0.254 e. The number of hydrogen-bond acceptors (Lipinski definition) is 3. The first-order chi connectivity index (χ1) is 11.2. The van der Waals surface area contributed by atoms with Gasteiger partial charge in [0, 0.05) is 23.9 Å². The SMILES string of the molecule is Cc1[nH]ncc1C(=O)N[C@@H]1C[C@H]1c1cnn(-c2ccccc2)c1. The fraction of sp³-hybridized carbons (Fsp3) is 0.235. The molecule has 0 aliphatic heterocycles. The summed E-state index contributed by atoms with van der Waals surface area (Å²) in [5, 5.41) is 14.1. The van der Waals surface area contributed by atoms with Gasteiger partial charge in [0.1, 0.15) is 0 Å². The van der Waals surface area contributed by atoms with Gasteiger partial charge in [-0.2, -0.15) is 10.2 Å². The number of aromatic nitrogens is 4. The maximum absolute atomic E-state index is 12.2. The Balaban J connectivity index is 1.43. The summed E-state index contributed by atoms with van der Waals surface area (Å²) in [6.07, 6.45) is 6.43. The molecule has 0 saturated heterocycles. The molecule has 1 fully saturated rings. The van der Waals surface area contributed by atoms with Crippen molar-refractivity contribution < 1.29 is 4.79 Å². The molecule has 4 rings (SSSR count). The molecule has 2 atom stereocenters. The van der Waals surface area contributed by atoms with Crippen molar-refractivity contribution >= 4 is 5.91 Å². The molecule has 1 saturated carbocycles. The minimum absolute atomic E-state index is 0.0702. The highest BCUT2D eigenvalue weighted by Gasteiger charge is 2.40. The van der Waals surface area contributed by atoms with Gasteiger partial charge in [0.25, 0.3) is 5.91 Å². The number of nitrogens with one attached hydrogen (secondary N) is 2. The maximum atomic E-state index is 12.2. The molecule has 6 heteroatoms. The lowest BCUT2D eigenvalue weighted by atomic mass is 10.2. The Morgan fingerprint density at radius 2 is 2.13 bits per heavy atom. The van der Waals surface area contributed by atoms with Crippen LogP contribution in [-0.4, -0.2) is 31.9 Å². The number of aryl methyl sites for hydroxylation is 1. The minimum Gasteiger partial charge on any atom is -0.349 e. The molecule has 23 heavy (non-hydrogen) atoms. The van der Waals surface area contributed by atoms with Crippen molar-refractivity contribution in [3.63, 3.8) is 0 Å². The van der Waals surface area contributed by atoms with Gasteiger partial charge in [-0.15, -0.1) is 0 Å². The average molecular weight is 307 g/mol. The van der Waals surface area contributed by atoms with Crippen molar-refractivity contribution in [1.29, 1.82) is 0 Å². The summed E-state index contributed by atoms with van der Waals surface area (Å²) in [7, 11) is 0. The molecule has 1 amide bonds. The minimum atomic E-state index is -0.0702. The van der Waals surface area contributed by atoms with E-state index in [9.17, 15) is 4.79 Å². The van der Waals surface area contributed by atoms with Crippen molar-refractivity contribution in [2.75, 3.05) is 0 Å².